The number of hydrogen-bond acceptors (Lipinski definition) is 1. The minimum Gasteiger partial charge on any atom is -0.130 e. The highest BCUT2D eigenvalue weighted by Gasteiger charge is 2.33. The monoisotopic (exact) mass is 282 g/mol. The summed E-state index contributed by atoms with van der Waals surface area (Å²) in [5.41, 5.74) is 6.99. The first kappa shape index (κ1) is 14.9. The van der Waals surface area contributed by atoms with E-state index in [0.29, 0.717) is 0 Å². The number of hydrogen-bond donors (Lipinski definition) is 0. The molecule has 0 bridgehead atoms. The average molecular weight is 282 g/mol. The van der Waals surface area contributed by atoms with Crippen molar-refractivity contribution in [3.63, 3.8) is 0 Å². The Balaban J connectivity index is 2.34. The second-order valence-corrected chi connectivity index (χ2v) is 6.51. The van der Waals surface area contributed by atoms with Crippen LogP contribution in [0.3, 0.4) is 0 Å². The molecule has 1 aliphatic carbocycles. The average Bonchev–Trinajstić information content (AvgIpc) is 2.68. The van der Waals surface area contributed by atoms with Gasteiger partial charge in [-0.15, -0.1) is 11.8 Å². The van der Waals surface area contributed by atoms with Crippen molar-refractivity contribution in [2.45, 2.75) is 26.2 Å². The standard InChI is InChI=1S/C19H22S/c1-6-8-11-20-13-16-12-17-14(3)15(7-2)9-10-18(17)19(16,4)5/h6-12H,1-2,13H2,3-5H3/b11-8+. The van der Waals surface area contributed by atoms with E-state index in [1.54, 1.807) is 0 Å². The summed E-state index contributed by atoms with van der Waals surface area (Å²) in [6.07, 6.45) is 8.11. The summed E-state index contributed by atoms with van der Waals surface area (Å²) < 4.78 is 0. The Bertz CT molecular complexity index is 600. The zero-order valence-electron chi connectivity index (χ0n) is 12.6. The molecule has 0 nitrogen and oxygen atoms in total. The van der Waals surface area contributed by atoms with E-state index in [1.807, 2.05) is 30.0 Å². The van der Waals surface area contributed by atoms with Gasteiger partial charge < -0.3 is 0 Å². The largest absolute Gasteiger partial charge is 0.130 e. The van der Waals surface area contributed by atoms with Crippen LogP contribution in [0.4, 0.5) is 0 Å². The lowest BCUT2D eigenvalue weighted by Gasteiger charge is -2.25. The Morgan fingerprint density at radius 3 is 2.65 bits per heavy atom. The molecule has 1 aromatic carbocycles. The molecule has 1 aromatic rings. The minimum atomic E-state index is 0.120. The molecule has 0 amide bonds. The van der Waals surface area contributed by atoms with Gasteiger partial charge in [0.2, 0.25) is 0 Å². The Hall–Kier alpha value is -1.47. The number of thioether (sulfide) groups is 1. The molecular formula is C19H22S. The van der Waals surface area contributed by atoms with Crippen molar-refractivity contribution in [1.82, 2.24) is 0 Å². The molecule has 0 saturated heterocycles. The summed E-state index contributed by atoms with van der Waals surface area (Å²) in [7, 11) is 0. The van der Waals surface area contributed by atoms with Crippen molar-refractivity contribution in [2.24, 2.45) is 0 Å². The fourth-order valence-corrected chi connectivity index (χ4v) is 3.64. The maximum Gasteiger partial charge on any atom is 0.0196 e. The topological polar surface area (TPSA) is 0 Å². The molecule has 1 heteroatoms. The molecule has 1 aliphatic rings. The van der Waals surface area contributed by atoms with Crippen LogP contribution in [-0.2, 0) is 5.41 Å². The first-order chi connectivity index (χ1) is 9.52. The van der Waals surface area contributed by atoms with Crippen LogP contribution in [0.25, 0.3) is 12.2 Å². The van der Waals surface area contributed by atoms with E-state index in [9.17, 15) is 0 Å². The van der Waals surface area contributed by atoms with Crippen molar-refractivity contribution in [3.05, 3.63) is 70.7 Å². The van der Waals surface area contributed by atoms with Crippen LogP contribution < -0.4 is 0 Å². The maximum atomic E-state index is 3.90. The molecule has 0 atom stereocenters. The van der Waals surface area contributed by atoms with Gasteiger partial charge in [-0.3, -0.25) is 0 Å². The van der Waals surface area contributed by atoms with Crippen molar-refractivity contribution in [2.75, 3.05) is 5.75 Å². The van der Waals surface area contributed by atoms with E-state index < -0.39 is 0 Å². The Morgan fingerprint density at radius 2 is 2.00 bits per heavy atom. The second-order valence-electron chi connectivity index (χ2n) is 5.61. The molecule has 0 fully saturated rings. The molecule has 104 valence electrons. The Morgan fingerprint density at radius 1 is 1.25 bits per heavy atom. The normalized spacial score (nSPS) is 16.1. The second kappa shape index (κ2) is 5.88. The minimum absolute atomic E-state index is 0.120. The van der Waals surface area contributed by atoms with Gasteiger partial charge in [0, 0.05) is 11.2 Å². The van der Waals surface area contributed by atoms with Crippen LogP contribution in [0, 0.1) is 6.92 Å². The third-order valence-electron chi connectivity index (χ3n) is 4.12. The zero-order chi connectivity index (χ0) is 14.8. The van der Waals surface area contributed by atoms with Gasteiger partial charge >= 0.3 is 0 Å². The van der Waals surface area contributed by atoms with Gasteiger partial charge in [0.15, 0.2) is 0 Å². The highest BCUT2D eigenvalue weighted by atomic mass is 32.2. The van der Waals surface area contributed by atoms with E-state index in [1.165, 1.54) is 27.8 Å². The Kier molecular flexibility index (Phi) is 4.39. The maximum absolute atomic E-state index is 3.90. The highest BCUT2D eigenvalue weighted by Crippen LogP contribution is 2.44. The van der Waals surface area contributed by atoms with Gasteiger partial charge in [-0.25, -0.2) is 0 Å². The molecule has 0 unspecified atom stereocenters. The van der Waals surface area contributed by atoms with E-state index in [4.69, 9.17) is 0 Å². The van der Waals surface area contributed by atoms with Gasteiger partial charge in [0.1, 0.15) is 0 Å². The number of rotatable bonds is 5. The highest BCUT2D eigenvalue weighted by molar-refractivity contribution is 8.02. The van der Waals surface area contributed by atoms with Crippen LogP contribution in [0.15, 0.2) is 48.4 Å². The lowest BCUT2D eigenvalue weighted by atomic mass is 9.81. The smallest absolute Gasteiger partial charge is 0.0196 e. The van der Waals surface area contributed by atoms with Gasteiger partial charge in [0.05, 0.1) is 0 Å². The van der Waals surface area contributed by atoms with Crippen molar-refractivity contribution < 1.29 is 0 Å². The molecular weight excluding hydrogens is 260 g/mol. The van der Waals surface area contributed by atoms with Crippen molar-refractivity contribution in [3.8, 4) is 0 Å². The molecule has 20 heavy (non-hydrogen) atoms. The fraction of sp³-hybridized carbons (Fsp3) is 0.263. The summed E-state index contributed by atoms with van der Waals surface area (Å²) in [5.74, 6) is 1.02. The number of benzene rings is 1. The SMILES string of the molecule is C=C/C=C/SCC1=Cc2c(ccc(C=C)c2C)C1(C)C. The number of fused-ring (bicyclic) bond motifs is 1. The lowest BCUT2D eigenvalue weighted by molar-refractivity contribution is 0.642. The van der Waals surface area contributed by atoms with Crippen LogP contribution in [0.5, 0.6) is 0 Å². The first-order valence-corrected chi connectivity index (χ1v) is 7.94. The summed E-state index contributed by atoms with van der Waals surface area (Å²) in [4.78, 5) is 0. The van der Waals surface area contributed by atoms with E-state index >= 15 is 0 Å². The van der Waals surface area contributed by atoms with Gasteiger partial charge in [-0.05, 0) is 40.2 Å². The van der Waals surface area contributed by atoms with Crippen molar-refractivity contribution >= 4 is 23.9 Å². The van der Waals surface area contributed by atoms with Gasteiger partial charge in [-0.1, -0.05) is 63.4 Å². The fourth-order valence-electron chi connectivity index (χ4n) is 2.70. The summed E-state index contributed by atoms with van der Waals surface area (Å²) >= 11 is 1.82. The third kappa shape index (κ3) is 2.55. The molecule has 0 radical (unpaired) electrons. The Labute approximate surface area is 127 Å². The molecule has 0 aromatic heterocycles. The van der Waals surface area contributed by atoms with Crippen LogP contribution >= 0.6 is 11.8 Å². The summed E-state index contributed by atoms with van der Waals surface area (Å²) in [6.45, 7) is 14.4. The molecule has 0 aliphatic heterocycles. The predicted octanol–water partition coefficient (Wildman–Crippen LogP) is 5.75. The van der Waals surface area contributed by atoms with E-state index in [2.05, 4.69) is 57.5 Å². The lowest BCUT2D eigenvalue weighted by Crippen LogP contribution is -2.18. The zero-order valence-corrected chi connectivity index (χ0v) is 13.4. The number of allylic oxidation sites excluding steroid dienone is 2. The van der Waals surface area contributed by atoms with Crippen molar-refractivity contribution in [1.29, 1.82) is 0 Å². The van der Waals surface area contributed by atoms with E-state index in [-0.39, 0.29) is 5.41 Å². The quantitative estimate of drug-likeness (QED) is 0.620. The molecule has 0 saturated carbocycles. The van der Waals surface area contributed by atoms with E-state index in [0.717, 1.165) is 5.75 Å². The first-order valence-electron chi connectivity index (χ1n) is 6.89. The van der Waals surface area contributed by atoms with Crippen LogP contribution in [0.2, 0.25) is 0 Å². The van der Waals surface area contributed by atoms with Crippen LogP contribution in [-0.4, -0.2) is 5.75 Å². The predicted molar refractivity (Wildman–Crippen MR) is 94.1 cm³/mol. The van der Waals surface area contributed by atoms with Gasteiger partial charge in [-0.2, -0.15) is 0 Å². The summed E-state index contributed by atoms with van der Waals surface area (Å²) in [5, 5.41) is 2.11. The van der Waals surface area contributed by atoms with Gasteiger partial charge in [0.25, 0.3) is 0 Å². The molecule has 0 heterocycles. The molecule has 2 rings (SSSR count). The molecule has 0 N–H and O–H groups in total. The third-order valence-corrected chi connectivity index (χ3v) is 4.95. The molecule has 0 spiro atoms. The summed E-state index contributed by atoms with van der Waals surface area (Å²) in [6, 6.07) is 4.44. The van der Waals surface area contributed by atoms with Crippen LogP contribution in [0.1, 0.15) is 36.1 Å².